The van der Waals surface area contributed by atoms with Gasteiger partial charge >= 0.3 is 0 Å². The molecule has 1 aromatic rings. The van der Waals surface area contributed by atoms with Crippen molar-refractivity contribution in [2.75, 3.05) is 6.61 Å². The lowest BCUT2D eigenvalue weighted by Gasteiger charge is -2.47. The van der Waals surface area contributed by atoms with E-state index in [1.807, 2.05) is 0 Å². The molecule has 2 aliphatic heterocycles. The maximum Gasteiger partial charge on any atom is 0.248 e. The third kappa shape index (κ3) is 3.86. The minimum absolute atomic E-state index is 0.103. The van der Waals surface area contributed by atoms with Gasteiger partial charge in [-0.3, -0.25) is 9.69 Å². The first-order chi connectivity index (χ1) is 12.8. The van der Waals surface area contributed by atoms with Crippen LogP contribution in [0.3, 0.4) is 0 Å². The highest BCUT2D eigenvalue weighted by molar-refractivity contribution is 8.23. The third-order valence-electron chi connectivity index (χ3n) is 4.59. The number of nitrogens with zero attached hydrogens (tertiary/aromatic N) is 1. The molecule has 2 heterocycles. The van der Waals surface area contributed by atoms with Crippen LogP contribution in [-0.2, 0) is 9.53 Å². The Kier molecular flexibility index (Phi) is 6.41. The Morgan fingerprint density at radius 1 is 1.19 bits per heavy atom. The smallest absolute Gasteiger partial charge is 0.248 e. The maximum atomic E-state index is 12.9. The van der Waals surface area contributed by atoms with E-state index in [4.69, 9.17) is 34.3 Å². The summed E-state index contributed by atoms with van der Waals surface area (Å²) in [7, 11) is 0. The fourth-order valence-electron chi connectivity index (χ4n) is 3.07. The molecule has 148 valence electrons. The van der Waals surface area contributed by atoms with Gasteiger partial charge in [-0.05, 0) is 17.7 Å². The topological polar surface area (TPSA) is 136 Å². The van der Waals surface area contributed by atoms with Crippen LogP contribution in [0, 0.1) is 0 Å². The molecule has 0 saturated carbocycles. The Balaban J connectivity index is 1.85. The number of aliphatic hydroxyl groups is 4. The summed E-state index contributed by atoms with van der Waals surface area (Å²) >= 11 is 12.4. The van der Waals surface area contributed by atoms with E-state index in [-0.39, 0.29) is 4.32 Å². The number of amides is 1. The van der Waals surface area contributed by atoms with E-state index in [0.29, 0.717) is 5.02 Å². The Morgan fingerprint density at radius 3 is 2.41 bits per heavy atom. The molecular weight excluding hydrogens is 416 g/mol. The standard InChI is InChI=1S/C16H19ClN2O6S2/c17-7-3-1-6(2-4-7)13-9(18)14(24)19(16(26)27-13)15-12(23)11(22)10(21)8(5-20)25-15/h1-4,8-13,15,20-23H,5,18H2/t8-,9-,10-,11+,12-,13+,15-/m1/s1. The predicted molar refractivity (Wildman–Crippen MR) is 103 cm³/mol. The molecule has 0 aromatic heterocycles. The first-order valence-electron chi connectivity index (χ1n) is 8.11. The van der Waals surface area contributed by atoms with Gasteiger partial charge in [0.25, 0.3) is 0 Å². The zero-order chi connectivity index (χ0) is 19.9. The summed E-state index contributed by atoms with van der Waals surface area (Å²) in [6.45, 7) is -0.608. The summed E-state index contributed by atoms with van der Waals surface area (Å²) in [4.78, 5) is 13.9. The highest BCUT2D eigenvalue weighted by Crippen LogP contribution is 2.40. The molecule has 3 rings (SSSR count). The molecule has 8 nitrogen and oxygen atoms in total. The van der Waals surface area contributed by atoms with Gasteiger partial charge in [-0.15, -0.1) is 0 Å². The molecule has 0 bridgehead atoms. The molecule has 2 aliphatic rings. The lowest BCUT2D eigenvalue weighted by Crippen LogP contribution is -2.67. The first kappa shape index (κ1) is 20.9. The molecule has 1 aromatic carbocycles. The van der Waals surface area contributed by atoms with Crippen molar-refractivity contribution in [1.29, 1.82) is 0 Å². The van der Waals surface area contributed by atoms with Gasteiger partial charge in [-0.25, -0.2) is 0 Å². The molecule has 6 N–H and O–H groups in total. The van der Waals surface area contributed by atoms with Crippen LogP contribution in [0.2, 0.25) is 5.02 Å². The number of nitrogens with two attached hydrogens (primary N) is 1. The molecule has 0 spiro atoms. The number of halogens is 1. The number of hydrogen-bond donors (Lipinski definition) is 5. The molecular formula is C16H19ClN2O6S2. The average molecular weight is 435 g/mol. The van der Waals surface area contributed by atoms with Gasteiger partial charge in [0.2, 0.25) is 5.91 Å². The normalized spacial score (nSPS) is 37.6. The molecule has 0 aliphatic carbocycles. The van der Waals surface area contributed by atoms with Crippen molar-refractivity contribution in [2.45, 2.75) is 41.9 Å². The van der Waals surface area contributed by atoms with Crippen LogP contribution in [-0.4, -0.2) is 78.8 Å². The molecule has 27 heavy (non-hydrogen) atoms. The minimum atomic E-state index is -1.62. The van der Waals surface area contributed by atoms with Crippen molar-refractivity contribution in [3.8, 4) is 0 Å². The monoisotopic (exact) mass is 434 g/mol. The highest BCUT2D eigenvalue weighted by atomic mass is 35.5. The van der Waals surface area contributed by atoms with Crippen molar-refractivity contribution in [1.82, 2.24) is 4.90 Å². The van der Waals surface area contributed by atoms with Crippen LogP contribution in [0.4, 0.5) is 0 Å². The summed E-state index contributed by atoms with van der Waals surface area (Å²) in [6, 6.07) is 5.87. The molecule has 1 amide bonds. The Hall–Kier alpha value is -0.820. The number of aliphatic hydroxyl groups excluding tert-OH is 4. The van der Waals surface area contributed by atoms with Crippen molar-refractivity contribution < 1.29 is 30.0 Å². The molecule has 0 unspecified atom stereocenters. The van der Waals surface area contributed by atoms with Crippen molar-refractivity contribution >= 4 is 45.8 Å². The largest absolute Gasteiger partial charge is 0.394 e. The first-order valence-corrected chi connectivity index (χ1v) is 9.78. The second-order valence-electron chi connectivity index (χ2n) is 6.31. The van der Waals surface area contributed by atoms with E-state index in [1.165, 1.54) is 0 Å². The van der Waals surface area contributed by atoms with Gasteiger partial charge in [-0.2, -0.15) is 0 Å². The van der Waals surface area contributed by atoms with Crippen LogP contribution in [0.1, 0.15) is 10.8 Å². The van der Waals surface area contributed by atoms with E-state index in [0.717, 1.165) is 22.2 Å². The predicted octanol–water partition coefficient (Wildman–Crippen LogP) is -0.631. The van der Waals surface area contributed by atoms with Crippen LogP contribution >= 0.6 is 35.6 Å². The van der Waals surface area contributed by atoms with Crippen LogP contribution < -0.4 is 5.73 Å². The van der Waals surface area contributed by atoms with Gasteiger partial charge in [0.05, 0.1) is 11.9 Å². The summed E-state index contributed by atoms with van der Waals surface area (Å²) < 4.78 is 5.54. The zero-order valence-corrected chi connectivity index (χ0v) is 16.3. The molecule has 11 heteroatoms. The summed E-state index contributed by atoms with van der Waals surface area (Å²) in [5.41, 5.74) is 6.89. The Labute approximate surface area is 169 Å². The Morgan fingerprint density at radius 2 is 1.81 bits per heavy atom. The average Bonchev–Trinajstić information content (AvgIpc) is 2.65. The number of ether oxygens (including phenoxy) is 1. The Bertz CT molecular complexity index is 721. The van der Waals surface area contributed by atoms with Crippen LogP contribution in [0.5, 0.6) is 0 Å². The number of carbonyl (C=O) groups is 1. The second kappa shape index (κ2) is 8.27. The van der Waals surface area contributed by atoms with Gasteiger partial charge in [0, 0.05) is 5.02 Å². The van der Waals surface area contributed by atoms with E-state index in [2.05, 4.69) is 0 Å². The van der Waals surface area contributed by atoms with Crippen molar-refractivity contribution in [3.05, 3.63) is 34.9 Å². The number of carbonyl (C=O) groups excluding carboxylic acids is 1. The second-order valence-corrected chi connectivity index (χ2v) is 8.52. The number of thioether (sulfide) groups is 1. The third-order valence-corrected chi connectivity index (χ3v) is 6.55. The van der Waals surface area contributed by atoms with E-state index >= 15 is 0 Å². The number of hydrogen-bond acceptors (Lipinski definition) is 9. The molecule has 2 saturated heterocycles. The van der Waals surface area contributed by atoms with Gasteiger partial charge in [-0.1, -0.05) is 47.7 Å². The number of thiocarbonyl (C=S) groups is 1. The van der Waals surface area contributed by atoms with Gasteiger partial charge in [0.1, 0.15) is 34.8 Å². The number of benzene rings is 1. The summed E-state index contributed by atoms with van der Waals surface area (Å²) in [6.07, 6.45) is -7.29. The van der Waals surface area contributed by atoms with E-state index in [1.54, 1.807) is 24.3 Å². The maximum absolute atomic E-state index is 12.9. The van der Waals surface area contributed by atoms with Crippen molar-refractivity contribution in [3.63, 3.8) is 0 Å². The lowest BCUT2D eigenvalue weighted by molar-refractivity contribution is -0.253. The van der Waals surface area contributed by atoms with Crippen LogP contribution in [0.15, 0.2) is 24.3 Å². The van der Waals surface area contributed by atoms with E-state index < -0.39 is 54.4 Å². The van der Waals surface area contributed by atoms with Crippen LogP contribution in [0.25, 0.3) is 0 Å². The minimum Gasteiger partial charge on any atom is -0.394 e. The molecule has 7 atom stereocenters. The fourth-order valence-corrected chi connectivity index (χ4v) is 4.78. The fraction of sp³-hybridized carbons (Fsp3) is 0.500. The molecule has 2 fully saturated rings. The molecule has 0 radical (unpaired) electrons. The lowest BCUT2D eigenvalue weighted by atomic mass is 9.97. The van der Waals surface area contributed by atoms with Crippen molar-refractivity contribution in [2.24, 2.45) is 5.73 Å². The summed E-state index contributed by atoms with van der Waals surface area (Å²) in [5, 5.41) is 39.6. The number of rotatable bonds is 3. The SMILES string of the molecule is N[C@H]1C(=O)N([C@@H]2O[C@H](CO)[C@@H](O)[C@H](O)[C@H]2O)C(=S)S[C@H]1c1ccc(Cl)cc1. The zero-order valence-electron chi connectivity index (χ0n) is 13.9. The van der Waals surface area contributed by atoms with E-state index in [9.17, 15) is 25.2 Å². The summed E-state index contributed by atoms with van der Waals surface area (Å²) in [5.74, 6) is -0.594. The van der Waals surface area contributed by atoms with Gasteiger partial charge < -0.3 is 30.9 Å². The quantitative estimate of drug-likeness (QED) is 0.394. The van der Waals surface area contributed by atoms with Gasteiger partial charge in [0.15, 0.2) is 6.23 Å². The highest BCUT2D eigenvalue weighted by Gasteiger charge is 2.51.